The first-order valence-corrected chi connectivity index (χ1v) is 27.2. The van der Waals surface area contributed by atoms with Crippen LogP contribution < -0.4 is 5.32 Å². The van der Waals surface area contributed by atoms with Crippen molar-refractivity contribution in [3.63, 3.8) is 0 Å². The Morgan fingerprint density at radius 3 is 1.40 bits per heavy atom. The van der Waals surface area contributed by atoms with Gasteiger partial charge in [-0.1, -0.05) is 224 Å². The van der Waals surface area contributed by atoms with Gasteiger partial charge in [0.1, 0.15) is 36.6 Å². The number of allylic oxidation sites excluding steroid dienone is 4. The molecule has 0 saturated carbocycles. The van der Waals surface area contributed by atoms with Gasteiger partial charge in [0.15, 0.2) is 6.29 Å². The molecule has 0 aromatic rings. The zero-order valence-corrected chi connectivity index (χ0v) is 41.7. The van der Waals surface area contributed by atoms with Crippen molar-refractivity contribution >= 4 is 5.91 Å². The summed E-state index contributed by atoms with van der Waals surface area (Å²) in [5.41, 5.74) is 0. The molecule has 65 heavy (non-hydrogen) atoms. The number of carbonyl (C=O) groups excluding carboxylic acids is 1. The number of carbonyl (C=O) groups is 1. The zero-order chi connectivity index (χ0) is 47.6. The normalized spacial score (nSPS) is 21.0. The molecule has 1 aliphatic heterocycles. The lowest BCUT2D eigenvalue weighted by Crippen LogP contribution is -2.60. The highest BCUT2D eigenvalue weighted by Gasteiger charge is 2.44. The monoisotopic (exact) mass is 926 g/mol. The molecular formula is C54H103NO10. The highest BCUT2D eigenvalue weighted by Crippen LogP contribution is 2.23. The van der Waals surface area contributed by atoms with Gasteiger partial charge in [0.2, 0.25) is 5.91 Å². The van der Waals surface area contributed by atoms with Gasteiger partial charge in [-0.3, -0.25) is 4.79 Å². The molecular weight excluding hydrogens is 823 g/mol. The molecule has 11 heteroatoms. The fourth-order valence-electron chi connectivity index (χ4n) is 8.88. The number of rotatable bonds is 46. The fraction of sp³-hybridized carbons (Fsp3) is 0.907. The van der Waals surface area contributed by atoms with E-state index in [2.05, 4.69) is 24.4 Å². The molecule has 384 valence electrons. The predicted octanol–water partition coefficient (Wildman–Crippen LogP) is 10.6. The molecule has 1 saturated heterocycles. The Morgan fingerprint density at radius 1 is 0.554 bits per heavy atom. The van der Waals surface area contributed by atoms with Crippen molar-refractivity contribution in [2.75, 3.05) is 13.2 Å². The lowest BCUT2D eigenvalue weighted by Gasteiger charge is -2.40. The van der Waals surface area contributed by atoms with E-state index in [0.29, 0.717) is 19.3 Å². The van der Waals surface area contributed by atoms with Gasteiger partial charge in [0, 0.05) is 0 Å². The highest BCUT2D eigenvalue weighted by atomic mass is 16.7. The van der Waals surface area contributed by atoms with Gasteiger partial charge in [-0.25, -0.2) is 0 Å². The lowest BCUT2D eigenvalue weighted by molar-refractivity contribution is -0.303. The van der Waals surface area contributed by atoms with E-state index in [-0.39, 0.29) is 12.8 Å². The second-order valence-corrected chi connectivity index (χ2v) is 19.3. The molecule has 1 amide bonds. The van der Waals surface area contributed by atoms with Crippen LogP contribution in [0.25, 0.3) is 0 Å². The van der Waals surface area contributed by atoms with Gasteiger partial charge in [0.25, 0.3) is 0 Å². The topological polar surface area (TPSA) is 189 Å². The van der Waals surface area contributed by atoms with Crippen LogP contribution >= 0.6 is 0 Å². The highest BCUT2D eigenvalue weighted by molar-refractivity contribution is 5.80. The van der Waals surface area contributed by atoms with E-state index in [1.807, 2.05) is 19.1 Å². The average Bonchev–Trinajstić information content (AvgIpc) is 3.31. The van der Waals surface area contributed by atoms with Crippen LogP contribution in [0.3, 0.4) is 0 Å². The first-order valence-electron chi connectivity index (χ1n) is 27.2. The molecule has 1 aliphatic rings. The van der Waals surface area contributed by atoms with Crippen molar-refractivity contribution < 1.29 is 50.0 Å². The number of aliphatic hydroxyl groups is 7. The van der Waals surface area contributed by atoms with Crippen molar-refractivity contribution in [2.24, 2.45) is 0 Å². The summed E-state index contributed by atoms with van der Waals surface area (Å²) >= 11 is 0. The Morgan fingerprint density at radius 2 is 0.969 bits per heavy atom. The summed E-state index contributed by atoms with van der Waals surface area (Å²) in [5.74, 6) is -0.710. The summed E-state index contributed by atoms with van der Waals surface area (Å²) in [6.07, 6.45) is 40.3. The van der Waals surface area contributed by atoms with E-state index >= 15 is 0 Å². The van der Waals surface area contributed by atoms with Crippen molar-refractivity contribution in [3.05, 3.63) is 24.3 Å². The third-order valence-electron chi connectivity index (χ3n) is 13.3. The minimum absolute atomic E-state index is 0.245. The Hall–Kier alpha value is -1.41. The summed E-state index contributed by atoms with van der Waals surface area (Å²) in [6, 6.07) is -1.19. The molecule has 0 aliphatic carbocycles. The van der Waals surface area contributed by atoms with Crippen LogP contribution in [0, 0.1) is 0 Å². The van der Waals surface area contributed by atoms with E-state index in [0.717, 1.165) is 32.1 Å². The quantitative estimate of drug-likeness (QED) is 0.0216. The molecule has 0 spiro atoms. The summed E-state index contributed by atoms with van der Waals surface area (Å²) < 4.78 is 11.1. The van der Waals surface area contributed by atoms with E-state index in [9.17, 15) is 40.5 Å². The van der Waals surface area contributed by atoms with E-state index in [4.69, 9.17) is 9.47 Å². The summed E-state index contributed by atoms with van der Waals surface area (Å²) in [4.78, 5) is 13.1. The van der Waals surface area contributed by atoms with Crippen LogP contribution in [0.2, 0.25) is 0 Å². The molecule has 0 bridgehead atoms. The van der Waals surface area contributed by atoms with Gasteiger partial charge in [0.05, 0.1) is 25.4 Å². The Bertz CT molecular complexity index is 1110. The molecule has 11 nitrogen and oxygen atoms in total. The molecule has 8 N–H and O–H groups in total. The standard InChI is InChI=1S/C54H103NO10/c1-3-5-7-9-11-13-14-15-16-17-18-19-20-21-22-23-24-25-26-27-28-29-30-31-32-33-34-36-38-40-42-47(58)53(63)55-45(44-64-54-52(62)51(61)50(60)48(43-56)65-54)49(59)46(57)41-39-37-35-12-10-8-6-4-2/h4,6,12,35,45-52,54,56-62H,3,5,7-11,13-34,36-44H2,1-2H3,(H,55,63)/b6-4+,35-12+. The van der Waals surface area contributed by atoms with Crippen LogP contribution in [0.4, 0.5) is 0 Å². The third kappa shape index (κ3) is 32.9. The minimum Gasteiger partial charge on any atom is -0.394 e. The number of unbranched alkanes of at least 4 members (excludes halogenated alkanes) is 31. The maximum atomic E-state index is 13.1. The molecule has 0 aromatic heterocycles. The largest absolute Gasteiger partial charge is 0.394 e. The number of ether oxygens (including phenoxy) is 2. The maximum absolute atomic E-state index is 13.1. The van der Waals surface area contributed by atoms with Crippen molar-refractivity contribution in [1.82, 2.24) is 5.32 Å². The Labute approximate surface area is 397 Å². The van der Waals surface area contributed by atoms with Crippen molar-refractivity contribution in [2.45, 2.75) is 300 Å². The van der Waals surface area contributed by atoms with E-state index in [1.165, 1.54) is 167 Å². The van der Waals surface area contributed by atoms with E-state index < -0.39 is 74.2 Å². The zero-order valence-electron chi connectivity index (χ0n) is 41.7. The van der Waals surface area contributed by atoms with Crippen molar-refractivity contribution in [1.29, 1.82) is 0 Å². The lowest BCUT2D eigenvalue weighted by atomic mass is 9.98. The molecule has 1 fully saturated rings. The van der Waals surface area contributed by atoms with Crippen LogP contribution in [0.15, 0.2) is 24.3 Å². The number of amides is 1. The van der Waals surface area contributed by atoms with Gasteiger partial charge < -0.3 is 50.5 Å². The Kier molecular flexibility index (Phi) is 41.6. The first-order chi connectivity index (χ1) is 31.7. The van der Waals surface area contributed by atoms with Crippen molar-refractivity contribution in [3.8, 4) is 0 Å². The minimum atomic E-state index is -1.67. The van der Waals surface area contributed by atoms with Gasteiger partial charge in [-0.2, -0.15) is 0 Å². The SMILES string of the molecule is C/C=C/CC/C=C/CCCC(O)C(O)C(COC1OC(CO)C(O)C(O)C1O)NC(=O)C(O)CCCCCCCCCCCCCCCCCCCCCCCCCCCCCCCC. The molecule has 1 rings (SSSR count). The number of aliphatic hydroxyl groups excluding tert-OH is 7. The Balaban J connectivity index is 2.16. The molecule has 9 unspecified atom stereocenters. The van der Waals surface area contributed by atoms with Crippen LogP contribution in [-0.2, 0) is 14.3 Å². The van der Waals surface area contributed by atoms with Crippen LogP contribution in [0.5, 0.6) is 0 Å². The second-order valence-electron chi connectivity index (χ2n) is 19.3. The van der Waals surface area contributed by atoms with Crippen LogP contribution in [0.1, 0.15) is 245 Å². The van der Waals surface area contributed by atoms with Gasteiger partial charge in [-0.15, -0.1) is 0 Å². The maximum Gasteiger partial charge on any atom is 0.249 e. The second kappa shape index (κ2) is 43.8. The van der Waals surface area contributed by atoms with Crippen LogP contribution in [-0.4, -0.2) is 110 Å². The molecule has 9 atom stereocenters. The van der Waals surface area contributed by atoms with Gasteiger partial charge in [-0.05, 0) is 45.4 Å². The average molecular weight is 926 g/mol. The fourth-order valence-corrected chi connectivity index (χ4v) is 8.88. The number of nitrogens with one attached hydrogen (secondary N) is 1. The number of hydrogen-bond acceptors (Lipinski definition) is 10. The smallest absolute Gasteiger partial charge is 0.249 e. The first kappa shape index (κ1) is 61.6. The van der Waals surface area contributed by atoms with Gasteiger partial charge >= 0.3 is 0 Å². The summed E-state index contributed by atoms with van der Waals surface area (Å²) in [6.45, 7) is 3.19. The predicted molar refractivity (Wildman–Crippen MR) is 266 cm³/mol. The molecule has 1 heterocycles. The number of hydrogen-bond donors (Lipinski definition) is 8. The molecule has 0 aromatic carbocycles. The summed E-state index contributed by atoms with van der Waals surface area (Å²) in [7, 11) is 0. The molecule has 0 radical (unpaired) electrons. The third-order valence-corrected chi connectivity index (χ3v) is 13.3. The van der Waals surface area contributed by atoms with E-state index in [1.54, 1.807) is 0 Å². The summed E-state index contributed by atoms with van der Waals surface area (Å²) in [5, 5.41) is 75.5.